The lowest BCUT2D eigenvalue weighted by Crippen LogP contribution is -2.28. The number of benzene rings is 2. The summed E-state index contributed by atoms with van der Waals surface area (Å²) in [6.07, 6.45) is 1.60. The number of anilines is 1. The Bertz CT molecular complexity index is 919. The second-order valence-electron chi connectivity index (χ2n) is 5.74. The van der Waals surface area contributed by atoms with Crippen LogP contribution in [0.3, 0.4) is 0 Å². The van der Waals surface area contributed by atoms with Crippen LogP contribution < -0.4 is 15.4 Å². The van der Waals surface area contributed by atoms with Crippen LogP contribution in [-0.2, 0) is 13.2 Å². The molecule has 5 nitrogen and oxygen atoms in total. The third-order valence-electron chi connectivity index (χ3n) is 3.63. The summed E-state index contributed by atoms with van der Waals surface area (Å²) in [5, 5.41) is 5.91. The zero-order chi connectivity index (χ0) is 19.1. The van der Waals surface area contributed by atoms with Gasteiger partial charge in [0, 0.05) is 24.5 Å². The lowest BCUT2D eigenvalue weighted by molar-refractivity contribution is 0.251. The molecule has 1 heterocycles. The predicted molar refractivity (Wildman–Crippen MR) is 102 cm³/mol. The Labute approximate surface area is 161 Å². The summed E-state index contributed by atoms with van der Waals surface area (Å²) in [6, 6.07) is 16.3. The number of urea groups is 1. The molecule has 2 amide bonds. The Kier molecular flexibility index (Phi) is 6.22. The van der Waals surface area contributed by atoms with E-state index >= 15 is 0 Å². The fourth-order valence-corrected chi connectivity index (χ4v) is 2.44. The summed E-state index contributed by atoms with van der Waals surface area (Å²) in [7, 11) is 0. The van der Waals surface area contributed by atoms with Gasteiger partial charge in [0.1, 0.15) is 23.3 Å². The van der Waals surface area contributed by atoms with Crippen molar-refractivity contribution >= 4 is 23.3 Å². The average molecular weight is 386 g/mol. The molecule has 0 atom stereocenters. The Balaban J connectivity index is 1.52. The molecule has 0 bridgehead atoms. The van der Waals surface area contributed by atoms with E-state index in [2.05, 4.69) is 15.6 Å². The van der Waals surface area contributed by atoms with Crippen molar-refractivity contribution in [3.8, 4) is 5.75 Å². The molecule has 0 unspecified atom stereocenters. The second-order valence-corrected chi connectivity index (χ2v) is 6.13. The van der Waals surface area contributed by atoms with Gasteiger partial charge in [0.15, 0.2) is 0 Å². The molecular formula is C20H17ClFN3O2. The zero-order valence-corrected chi connectivity index (χ0v) is 15.0. The molecule has 0 saturated heterocycles. The van der Waals surface area contributed by atoms with Crippen molar-refractivity contribution in [1.82, 2.24) is 10.3 Å². The number of carbonyl (C=O) groups is 1. The summed E-state index contributed by atoms with van der Waals surface area (Å²) < 4.78 is 18.7. The molecule has 27 heavy (non-hydrogen) atoms. The summed E-state index contributed by atoms with van der Waals surface area (Å²) in [6.45, 7) is 0.593. The number of hydrogen-bond donors (Lipinski definition) is 2. The lowest BCUT2D eigenvalue weighted by atomic mass is 10.2. The van der Waals surface area contributed by atoms with Gasteiger partial charge in [-0.25, -0.2) is 14.2 Å². The van der Waals surface area contributed by atoms with Crippen molar-refractivity contribution in [2.75, 3.05) is 5.32 Å². The van der Waals surface area contributed by atoms with E-state index in [1.807, 2.05) is 12.1 Å². The maximum atomic E-state index is 13.2. The van der Waals surface area contributed by atoms with E-state index in [4.69, 9.17) is 16.3 Å². The maximum Gasteiger partial charge on any atom is 0.319 e. The van der Waals surface area contributed by atoms with Crippen LogP contribution in [0.4, 0.5) is 14.9 Å². The topological polar surface area (TPSA) is 63.2 Å². The van der Waals surface area contributed by atoms with Gasteiger partial charge in [0.2, 0.25) is 0 Å². The minimum Gasteiger partial charge on any atom is -0.489 e. The van der Waals surface area contributed by atoms with Gasteiger partial charge in [-0.1, -0.05) is 35.9 Å². The second kappa shape index (κ2) is 9.00. The van der Waals surface area contributed by atoms with Crippen molar-refractivity contribution in [3.63, 3.8) is 0 Å². The van der Waals surface area contributed by atoms with Crippen LogP contribution in [0.25, 0.3) is 0 Å². The van der Waals surface area contributed by atoms with Crippen molar-refractivity contribution < 1.29 is 13.9 Å². The fraction of sp³-hybridized carbons (Fsp3) is 0.100. The summed E-state index contributed by atoms with van der Waals surface area (Å²) >= 11 is 5.73. The van der Waals surface area contributed by atoms with Gasteiger partial charge in [-0.3, -0.25) is 0 Å². The molecule has 138 valence electrons. The normalized spacial score (nSPS) is 10.3. The van der Waals surface area contributed by atoms with Gasteiger partial charge >= 0.3 is 6.03 Å². The van der Waals surface area contributed by atoms with Crippen molar-refractivity contribution in [2.45, 2.75) is 13.2 Å². The minimum atomic E-state index is -0.351. The molecule has 0 radical (unpaired) electrons. The average Bonchev–Trinajstić information content (AvgIpc) is 2.66. The van der Waals surface area contributed by atoms with Crippen LogP contribution in [0.5, 0.6) is 5.75 Å². The van der Waals surface area contributed by atoms with Gasteiger partial charge < -0.3 is 15.4 Å². The number of hydrogen-bond acceptors (Lipinski definition) is 3. The van der Waals surface area contributed by atoms with E-state index < -0.39 is 0 Å². The first-order chi connectivity index (χ1) is 13.1. The molecule has 0 aliphatic carbocycles. The van der Waals surface area contributed by atoms with Crippen LogP contribution >= 0.6 is 11.6 Å². The van der Waals surface area contributed by atoms with Crippen molar-refractivity contribution in [2.24, 2.45) is 0 Å². The lowest BCUT2D eigenvalue weighted by Gasteiger charge is -2.10. The number of nitrogens with one attached hydrogen (secondary N) is 2. The first kappa shape index (κ1) is 18.7. The largest absolute Gasteiger partial charge is 0.489 e. The smallest absolute Gasteiger partial charge is 0.319 e. The van der Waals surface area contributed by atoms with Crippen LogP contribution in [0.15, 0.2) is 66.9 Å². The summed E-state index contributed by atoms with van der Waals surface area (Å²) in [4.78, 5) is 16.0. The van der Waals surface area contributed by atoms with E-state index in [1.165, 1.54) is 12.1 Å². The van der Waals surface area contributed by atoms with Crippen molar-refractivity contribution in [1.29, 1.82) is 0 Å². The van der Waals surface area contributed by atoms with Gasteiger partial charge in [0.05, 0.1) is 0 Å². The van der Waals surface area contributed by atoms with Crippen LogP contribution in [-0.4, -0.2) is 11.0 Å². The standard InChI is InChI=1S/C20H17ClFN3O2/c21-19-8-7-15(11-23-19)12-24-20(26)25-17-5-1-3-14(9-17)13-27-18-6-2-4-16(22)10-18/h1-11H,12-13H2,(H2,24,25,26). The first-order valence-electron chi connectivity index (χ1n) is 8.21. The molecule has 3 rings (SSSR count). The maximum absolute atomic E-state index is 13.2. The zero-order valence-electron chi connectivity index (χ0n) is 14.3. The van der Waals surface area contributed by atoms with E-state index in [-0.39, 0.29) is 18.5 Å². The minimum absolute atomic E-state index is 0.261. The van der Waals surface area contributed by atoms with E-state index in [9.17, 15) is 9.18 Å². The van der Waals surface area contributed by atoms with Gasteiger partial charge in [0.25, 0.3) is 0 Å². The highest BCUT2D eigenvalue weighted by atomic mass is 35.5. The molecule has 1 aromatic heterocycles. The van der Waals surface area contributed by atoms with E-state index in [1.54, 1.807) is 42.6 Å². The van der Waals surface area contributed by atoms with E-state index in [0.29, 0.717) is 23.1 Å². The predicted octanol–water partition coefficient (Wildman–Crippen LogP) is 4.77. The number of aromatic nitrogens is 1. The molecule has 0 saturated carbocycles. The highest BCUT2D eigenvalue weighted by molar-refractivity contribution is 6.29. The molecule has 0 fully saturated rings. The molecule has 0 aliphatic heterocycles. The number of carbonyl (C=O) groups excluding carboxylic acids is 1. The molecule has 2 aromatic carbocycles. The van der Waals surface area contributed by atoms with Crippen LogP contribution in [0.1, 0.15) is 11.1 Å². The molecule has 0 aliphatic rings. The molecule has 7 heteroatoms. The van der Waals surface area contributed by atoms with Gasteiger partial charge in [-0.05, 0) is 41.5 Å². The molecule has 0 spiro atoms. The molecule has 3 aromatic rings. The molecular weight excluding hydrogens is 369 g/mol. The van der Waals surface area contributed by atoms with E-state index in [0.717, 1.165) is 11.1 Å². The summed E-state index contributed by atoms with van der Waals surface area (Å²) in [5.41, 5.74) is 2.31. The Morgan fingerprint density at radius 3 is 2.70 bits per heavy atom. The number of nitrogens with zero attached hydrogens (tertiary/aromatic N) is 1. The number of rotatable bonds is 6. The van der Waals surface area contributed by atoms with Crippen LogP contribution in [0.2, 0.25) is 5.15 Å². The number of amides is 2. The first-order valence-corrected chi connectivity index (χ1v) is 8.59. The monoisotopic (exact) mass is 385 g/mol. The Hall–Kier alpha value is -3.12. The quantitative estimate of drug-likeness (QED) is 0.600. The van der Waals surface area contributed by atoms with Crippen LogP contribution in [0, 0.1) is 5.82 Å². The summed E-state index contributed by atoms with van der Waals surface area (Å²) in [5.74, 6) is 0.0955. The third-order valence-corrected chi connectivity index (χ3v) is 3.85. The highest BCUT2D eigenvalue weighted by Gasteiger charge is 2.04. The third kappa shape index (κ3) is 5.97. The highest BCUT2D eigenvalue weighted by Crippen LogP contribution is 2.16. The van der Waals surface area contributed by atoms with Gasteiger partial charge in [-0.2, -0.15) is 0 Å². The number of halogens is 2. The Morgan fingerprint density at radius 1 is 1.07 bits per heavy atom. The SMILES string of the molecule is O=C(NCc1ccc(Cl)nc1)Nc1cccc(COc2cccc(F)c2)c1. The number of pyridine rings is 1. The number of ether oxygens (including phenoxy) is 1. The fourth-order valence-electron chi connectivity index (χ4n) is 2.33. The Morgan fingerprint density at radius 2 is 1.93 bits per heavy atom. The van der Waals surface area contributed by atoms with Gasteiger partial charge in [-0.15, -0.1) is 0 Å². The van der Waals surface area contributed by atoms with Crippen molar-refractivity contribution in [3.05, 3.63) is 89.0 Å². The molecule has 2 N–H and O–H groups in total.